The zero-order chi connectivity index (χ0) is 20.0. The second-order valence-electron chi connectivity index (χ2n) is 9.16. The van der Waals surface area contributed by atoms with Gasteiger partial charge in [0.05, 0.1) is 18.1 Å². The Morgan fingerprint density at radius 3 is 2.76 bits per heavy atom. The molecule has 3 aliphatic rings. The van der Waals surface area contributed by atoms with E-state index in [-0.39, 0.29) is 35.2 Å². The van der Waals surface area contributed by atoms with E-state index in [0.717, 1.165) is 31.6 Å². The molecule has 0 bridgehead atoms. The standard InChI is InChI=1S/C23H30N4O2/c1-26-15-24-10-18(26)12-27-13-20(28)23(14-27)19(11-25-22(29)17-8-5-9-17)21(23)16-6-3-2-4-7-16/h2-4,6-7,10,15,17,19-21,28H,5,8-9,11-14H2,1H3,(H,25,29)/t19-,20+,21-,23-/m1/s1. The second-order valence-corrected chi connectivity index (χ2v) is 9.16. The summed E-state index contributed by atoms with van der Waals surface area (Å²) in [5, 5.41) is 14.3. The van der Waals surface area contributed by atoms with Gasteiger partial charge in [-0.3, -0.25) is 9.69 Å². The molecule has 1 aromatic carbocycles. The van der Waals surface area contributed by atoms with Crippen LogP contribution >= 0.6 is 0 Å². The van der Waals surface area contributed by atoms with Crippen LogP contribution < -0.4 is 5.32 Å². The first-order chi connectivity index (χ1) is 14.1. The molecule has 2 saturated carbocycles. The van der Waals surface area contributed by atoms with Gasteiger partial charge in [0.1, 0.15) is 0 Å². The average Bonchev–Trinajstić information content (AvgIpc) is 2.92. The number of nitrogens with one attached hydrogen (secondary N) is 1. The monoisotopic (exact) mass is 394 g/mol. The SMILES string of the molecule is Cn1cncc1CN1C[C@H](O)[C@@]2(C1)[C@H](CNC(=O)C1CCC1)[C@H]2c1ccccc1. The van der Waals surface area contributed by atoms with E-state index in [0.29, 0.717) is 13.1 Å². The van der Waals surface area contributed by atoms with Crippen molar-refractivity contribution in [1.29, 1.82) is 0 Å². The number of carbonyl (C=O) groups is 1. The molecule has 1 aromatic heterocycles. The van der Waals surface area contributed by atoms with Gasteiger partial charge in [0.2, 0.25) is 5.91 Å². The molecule has 0 unspecified atom stereocenters. The quantitative estimate of drug-likeness (QED) is 0.785. The van der Waals surface area contributed by atoms with Crippen LogP contribution in [-0.2, 0) is 18.4 Å². The van der Waals surface area contributed by atoms with Crippen molar-refractivity contribution >= 4 is 5.91 Å². The Bertz CT molecular complexity index is 878. The molecule has 2 aliphatic carbocycles. The fourth-order valence-corrected chi connectivity index (χ4v) is 5.60. The third-order valence-corrected chi connectivity index (χ3v) is 7.54. The summed E-state index contributed by atoms with van der Waals surface area (Å²) in [5.74, 6) is 0.969. The van der Waals surface area contributed by atoms with Crippen LogP contribution in [0.3, 0.4) is 0 Å². The van der Waals surface area contributed by atoms with Gasteiger partial charge >= 0.3 is 0 Å². The smallest absolute Gasteiger partial charge is 0.223 e. The first-order valence-corrected chi connectivity index (χ1v) is 10.8. The van der Waals surface area contributed by atoms with Crippen molar-refractivity contribution in [3.63, 3.8) is 0 Å². The third-order valence-electron chi connectivity index (χ3n) is 7.54. The highest BCUT2D eigenvalue weighted by Crippen LogP contribution is 2.68. The number of hydrogen-bond acceptors (Lipinski definition) is 4. The minimum absolute atomic E-state index is 0.174. The maximum Gasteiger partial charge on any atom is 0.223 e. The molecule has 6 nitrogen and oxygen atoms in total. The van der Waals surface area contributed by atoms with Crippen molar-refractivity contribution in [2.24, 2.45) is 24.3 Å². The fourth-order valence-electron chi connectivity index (χ4n) is 5.60. The molecule has 2 heterocycles. The molecule has 1 saturated heterocycles. The topological polar surface area (TPSA) is 70.4 Å². The van der Waals surface area contributed by atoms with Gasteiger partial charge in [0, 0.05) is 50.8 Å². The highest BCUT2D eigenvalue weighted by atomic mass is 16.3. The predicted molar refractivity (Wildman–Crippen MR) is 110 cm³/mol. The van der Waals surface area contributed by atoms with Crippen molar-refractivity contribution in [3.05, 3.63) is 54.1 Å². The molecule has 1 aliphatic heterocycles. The van der Waals surface area contributed by atoms with Gasteiger partial charge in [0.15, 0.2) is 0 Å². The fraction of sp³-hybridized carbons (Fsp3) is 0.565. The highest BCUT2D eigenvalue weighted by molar-refractivity contribution is 5.79. The Balaban J connectivity index is 1.33. The van der Waals surface area contributed by atoms with Crippen molar-refractivity contribution < 1.29 is 9.90 Å². The zero-order valence-corrected chi connectivity index (χ0v) is 17.0. The molecule has 3 fully saturated rings. The normalized spacial score (nSPS) is 31.7. The lowest BCUT2D eigenvalue weighted by Gasteiger charge is -2.24. The van der Waals surface area contributed by atoms with Crippen LogP contribution in [0.25, 0.3) is 0 Å². The molecule has 29 heavy (non-hydrogen) atoms. The van der Waals surface area contributed by atoms with Crippen molar-refractivity contribution in [1.82, 2.24) is 19.8 Å². The van der Waals surface area contributed by atoms with E-state index in [1.165, 1.54) is 12.0 Å². The number of aliphatic hydroxyl groups excluding tert-OH is 1. The number of aryl methyl sites for hydroxylation is 1. The van der Waals surface area contributed by atoms with Gasteiger partial charge in [-0.2, -0.15) is 0 Å². The zero-order valence-electron chi connectivity index (χ0n) is 17.0. The van der Waals surface area contributed by atoms with E-state index >= 15 is 0 Å². The Morgan fingerprint density at radius 2 is 2.10 bits per heavy atom. The minimum atomic E-state index is -0.383. The summed E-state index contributed by atoms with van der Waals surface area (Å²) in [5.41, 5.74) is 2.25. The van der Waals surface area contributed by atoms with Crippen molar-refractivity contribution in [3.8, 4) is 0 Å². The number of β-amino-alcohol motifs (C(OH)–C–C–N with tert-alkyl or cyclic N) is 1. The summed E-state index contributed by atoms with van der Waals surface area (Å²) in [4.78, 5) is 19.0. The van der Waals surface area contributed by atoms with Crippen molar-refractivity contribution in [2.75, 3.05) is 19.6 Å². The van der Waals surface area contributed by atoms with E-state index in [1.54, 1.807) is 0 Å². The number of rotatable bonds is 6. The predicted octanol–water partition coefficient (Wildman–Crippen LogP) is 1.91. The number of imidazole rings is 1. The van der Waals surface area contributed by atoms with Crippen LogP contribution in [0.15, 0.2) is 42.9 Å². The highest BCUT2D eigenvalue weighted by Gasteiger charge is 2.71. The molecule has 2 aromatic rings. The summed E-state index contributed by atoms with van der Waals surface area (Å²) in [6.07, 6.45) is 6.54. The summed E-state index contributed by atoms with van der Waals surface area (Å²) in [6.45, 7) is 2.97. The first kappa shape index (κ1) is 18.8. The molecule has 154 valence electrons. The van der Waals surface area contributed by atoms with Crippen LogP contribution in [-0.4, -0.2) is 51.2 Å². The number of aromatic nitrogens is 2. The summed E-state index contributed by atoms with van der Waals surface area (Å²) >= 11 is 0. The lowest BCUT2D eigenvalue weighted by Crippen LogP contribution is -2.37. The second kappa shape index (κ2) is 7.26. The van der Waals surface area contributed by atoms with Crippen LogP contribution in [0.1, 0.15) is 36.4 Å². The number of nitrogens with zero attached hydrogens (tertiary/aromatic N) is 3. The lowest BCUT2D eigenvalue weighted by atomic mass is 9.85. The van der Waals surface area contributed by atoms with Crippen LogP contribution in [0, 0.1) is 17.3 Å². The van der Waals surface area contributed by atoms with Gasteiger partial charge in [-0.25, -0.2) is 4.98 Å². The van der Waals surface area contributed by atoms with E-state index < -0.39 is 0 Å². The Labute approximate surface area is 171 Å². The number of amides is 1. The van der Waals surface area contributed by atoms with Gasteiger partial charge in [-0.15, -0.1) is 0 Å². The largest absolute Gasteiger partial charge is 0.391 e. The number of hydrogen-bond donors (Lipinski definition) is 2. The van der Waals surface area contributed by atoms with E-state index in [2.05, 4.69) is 39.5 Å². The number of aliphatic hydroxyl groups is 1. The molecule has 1 spiro atoms. The van der Waals surface area contributed by atoms with Gasteiger partial charge in [-0.1, -0.05) is 36.8 Å². The number of benzene rings is 1. The first-order valence-electron chi connectivity index (χ1n) is 10.8. The number of carbonyl (C=O) groups excluding carboxylic acids is 1. The van der Waals surface area contributed by atoms with E-state index in [4.69, 9.17) is 0 Å². The van der Waals surface area contributed by atoms with E-state index in [1.807, 2.05) is 30.2 Å². The van der Waals surface area contributed by atoms with Crippen molar-refractivity contribution in [2.45, 2.75) is 37.8 Å². The van der Waals surface area contributed by atoms with Crippen LogP contribution in [0.4, 0.5) is 0 Å². The summed E-state index contributed by atoms with van der Waals surface area (Å²) in [7, 11) is 2.01. The minimum Gasteiger partial charge on any atom is -0.391 e. The maximum absolute atomic E-state index is 12.4. The van der Waals surface area contributed by atoms with Gasteiger partial charge in [-0.05, 0) is 30.2 Å². The Hall–Kier alpha value is -2.18. The molecule has 0 radical (unpaired) electrons. The van der Waals surface area contributed by atoms with E-state index in [9.17, 15) is 9.90 Å². The third kappa shape index (κ3) is 3.19. The molecular formula is C23H30N4O2. The van der Waals surface area contributed by atoms with Crippen LogP contribution in [0.2, 0.25) is 0 Å². The van der Waals surface area contributed by atoms with Gasteiger partial charge < -0.3 is 15.0 Å². The molecule has 2 N–H and O–H groups in total. The average molecular weight is 395 g/mol. The summed E-state index contributed by atoms with van der Waals surface area (Å²) in [6, 6.07) is 10.5. The molecule has 5 rings (SSSR count). The van der Waals surface area contributed by atoms with Gasteiger partial charge in [0.25, 0.3) is 0 Å². The maximum atomic E-state index is 12.4. The molecular weight excluding hydrogens is 364 g/mol. The number of likely N-dealkylation sites (tertiary alicyclic amines) is 1. The Kier molecular flexibility index (Phi) is 4.71. The molecule has 6 heteroatoms. The van der Waals surface area contributed by atoms with Crippen LogP contribution in [0.5, 0.6) is 0 Å². The summed E-state index contributed by atoms with van der Waals surface area (Å²) < 4.78 is 2.04. The molecule has 4 atom stereocenters. The molecule has 1 amide bonds. The lowest BCUT2D eigenvalue weighted by molar-refractivity contribution is -0.127. The Morgan fingerprint density at radius 1 is 1.31 bits per heavy atom.